The molecule has 4 nitrogen and oxygen atoms in total. The highest BCUT2D eigenvalue weighted by Crippen LogP contribution is 2.14. The molecule has 0 aliphatic heterocycles. The summed E-state index contributed by atoms with van der Waals surface area (Å²) in [4.78, 5) is 10.5. The predicted octanol–water partition coefficient (Wildman–Crippen LogP) is 3.54. The van der Waals surface area contributed by atoms with Crippen LogP contribution in [0.1, 0.15) is 32.3 Å². The molecule has 0 saturated carbocycles. The second-order valence-electron chi connectivity index (χ2n) is 5.75. The lowest BCUT2D eigenvalue weighted by Crippen LogP contribution is -2.25. The lowest BCUT2D eigenvalue weighted by Gasteiger charge is -2.19. The molecule has 3 atom stereocenters. The number of carboxylic acid groups (broad SMARTS) is 1. The monoisotopic (exact) mass is 360 g/mol. The zero-order valence-corrected chi connectivity index (χ0v) is 15.2. The molecule has 1 rings (SSSR count). The molecule has 0 aliphatic carbocycles. The molecule has 1 aromatic carbocycles. The van der Waals surface area contributed by atoms with Crippen molar-refractivity contribution in [2.75, 3.05) is 18.1 Å². The van der Waals surface area contributed by atoms with Gasteiger partial charge in [-0.05, 0) is 36.5 Å². The van der Waals surface area contributed by atoms with E-state index in [1.807, 2.05) is 31.2 Å². The van der Waals surface area contributed by atoms with Crippen molar-refractivity contribution in [1.29, 1.82) is 0 Å². The summed E-state index contributed by atoms with van der Waals surface area (Å²) < 4.78 is 17.7. The van der Waals surface area contributed by atoms with Crippen molar-refractivity contribution in [1.82, 2.24) is 0 Å². The van der Waals surface area contributed by atoms with Gasteiger partial charge >= 0.3 is 5.97 Å². The molecule has 0 spiro atoms. The molecule has 0 amide bonds. The quantitative estimate of drug-likeness (QED) is 0.655. The van der Waals surface area contributed by atoms with E-state index in [-0.39, 0.29) is 18.3 Å². The highest BCUT2D eigenvalue weighted by molar-refractivity contribution is 7.85. The van der Waals surface area contributed by atoms with Crippen molar-refractivity contribution in [2.24, 2.45) is 5.92 Å². The van der Waals surface area contributed by atoms with Gasteiger partial charge in [0.2, 0.25) is 0 Å². The fourth-order valence-corrected chi connectivity index (χ4v) is 3.60. The summed E-state index contributed by atoms with van der Waals surface area (Å²) in [6.45, 7) is 4.70. The number of carboxylic acids is 1. The molecule has 0 heterocycles. The Morgan fingerprint density at radius 2 is 2.00 bits per heavy atom. The van der Waals surface area contributed by atoms with Crippen LogP contribution in [0.4, 0.5) is 0 Å². The molecule has 130 valence electrons. The van der Waals surface area contributed by atoms with Crippen LogP contribution in [0.25, 0.3) is 0 Å². The van der Waals surface area contributed by atoms with Gasteiger partial charge in [-0.3, -0.25) is 9.00 Å². The number of hydrogen-bond donors (Lipinski definition) is 1. The van der Waals surface area contributed by atoms with Crippen molar-refractivity contribution < 1.29 is 18.8 Å². The van der Waals surface area contributed by atoms with Gasteiger partial charge in [-0.25, -0.2) is 0 Å². The average Bonchev–Trinajstić information content (AvgIpc) is 2.51. The van der Waals surface area contributed by atoms with Crippen LogP contribution >= 0.6 is 11.6 Å². The predicted molar refractivity (Wildman–Crippen MR) is 94.5 cm³/mol. The second-order valence-corrected chi connectivity index (χ2v) is 7.81. The average molecular weight is 361 g/mol. The molecule has 6 heteroatoms. The Morgan fingerprint density at radius 1 is 1.35 bits per heavy atom. The Bertz CT molecular complexity index is 504. The van der Waals surface area contributed by atoms with Gasteiger partial charge in [0.05, 0.1) is 12.5 Å². The summed E-state index contributed by atoms with van der Waals surface area (Å²) in [6, 6.07) is 7.78. The number of ether oxygens (including phenoxy) is 1. The normalized spacial score (nSPS) is 15.1. The smallest absolute Gasteiger partial charge is 0.304 e. The zero-order valence-electron chi connectivity index (χ0n) is 13.7. The van der Waals surface area contributed by atoms with E-state index < -0.39 is 16.8 Å². The zero-order chi connectivity index (χ0) is 17.2. The van der Waals surface area contributed by atoms with Crippen molar-refractivity contribution in [2.45, 2.75) is 39.2 Å². The maximum atomic E-state index is 11.8. The van der Waals surface area contributed by atoms with E-state index in [0.717, 1.165) is 17.9 Å². The first kappa shape index (κ1) is 20.1. The summed E-state index contributed by atoms with van der Waals surface area (Å²) in [5, 5.41) is 9.34. The third kappa shape index (κ3) is 9.08. The number of carbonyl (C=O) groups is 1. The summed E-state index contributed by atoms with van der Waals surface area (Å²) in [6.07, 6.45) is 1.52. The number of rotatable bonds is 11. The highest BCUT2D eigenvalue weighted by atomic mass is 35.5. The Labute approximate surface area is 145 Å². The summed E-state index contributed by atoms with van der Waals surface area (Å²) in [5.74, 6) is 0.0223. The van der Waals surface area contributed by atoms with Crippen molar-refractivity contribution >= 4 is 28.4 Å². The molecular formula is C17H25ClO4S. The molecule has 3 unspecified atom stereocenters. The van der Waals surface area contributed by atoms with Crippen LogP contribution in [-0.4, -0.2) is 39.5 Å². The fourth-order valence-electron chi connectivity index (χ4n) is 2.16. The number of benzene rings is 1. The lowest BCUT2D eigenvalue weighted by atomic mass is 10.0. The second kappa shape index (κ2) is 10.8. The molecule has 0 aliphatic rings. The van der Waals surface area contributed by atoms with Crippen molar-refractivity contribution in [3.8, 4) is 0 Å². The maximum Gasteiger partial charge on any atom is 0.304 e. The van der Waals surface area contributed by atoms with E-state index in [2.05, 4.69) is 6.92 Å². The van der Waals surface area contributed by atoms with E-state index >= 15 is 0 Å². The molecule has 1 aromatic rings. The van der Waals surface area contributed by atoms with Crippen LogP contribution in [0.3, 0.4) is 0 Å². The molecule has 23 heavy (non-hydrogen) atoms. The van der Waals surface area contributed by atoms with Crippen molar-refractivity contribution in [3.05, 3.63) is 34.9 Å². The Morgan fingerprint density at radius 3 is 2.57 bits per heavy atom. The van der Waals surface area contributed by atoms with Gasteiger partial charge in [0.15, 0.2) is 0 Å². The minimum Gasteiger partial charge on any atom is -0.481 e. The lowest BCUT2D eigenvalue weighted by molar-refractivity contribution is -0.136. The topological polar surface area (TPSA) is 63.6 Å². The number of halogens is 1. The van der Waals surface area contributed by atoms with Crippen LogP contribution in [0.2, 0.25) is 5.02 Å². The van der Waals surface area contributed by atoms with Gasteiger partial charge < -0.3 is 9.84 Å². The van der Waals surface area contributed by atoms with E-state index in [0.29, 0.717) is 18.3 Å². The number of hydrogen-bond acceptors (Lipinski definition) is 3. The first-order valence-corrected chi connectivity index (χ1v) is 9.70. The third-order valence-electron chi connectivity index (χ3n) is 3.48. The van der Waals surface area contributed by atoms with E-state index in [1.165, 1.54) is 5.56 Å². The van der Waals surface area contributed by atoms with E-state index in [1.54, 1.807) is 0 Å². The molecule has 1 N–H and O–H groups in total. The Kier molecular flexibility index (Phi) is 9.44. The molecular weight excluding hydrogens is 336 g/mol. The first-order chi connectivity index (χ1) is 10.9. The number of aliphatic carboxylic acids is 1. The summed E-state index contributed by atoms with van der Waals surface area (Å²) in [5.41, 5.74) is 1.21. The van der Waals surface area contributed by atoms with Crippen LogP contribution in [0.5, 0.6) is 0 Å². The summed E-state index contributed by atoms with van der Waals surface area (Å²) in [7, 11) is -1.15. The van der Waals surface area contributed by atoms with Gasteiger partial charge in [-0.1, -0.05) is 37.6 Å². The van der Waals surface area contributed by atoms with Crippen LogP contribution in [0, 0.1) is 5.92 Å². The first-order valence-electron chi connectivity index (χ1n) is 7.83. The Balaban J connectivity index is 2.33. The van der Waals surface area contributed by atoms with Crippen LogP contribution in [0.15, 0.2) is 24.3 Å². The van der Waals surface area contributed by atoms with Crippen LogP contribution in [-0.2, 0) is 26.8 Å². The molecule has 0 bridgehead atoms. The van der Waals surface area contributed by atoms with Crippen LogP contribution < -0.4 is 0 Å². The molecule has 0 fully saturated rings. The molecule has 0 radical (unpaired) electrons. The minimum absolute atomic E-state index is 0.0595. The fraction of sp³-hybridized carbons (Fsp3) is 0.588. The molecule has 0 saturated heterocycles. The highest BCUT2D eigenvalue weighted by Gasteiger charge is 2.14. The van der Waals surface area contributed by atoms with Gasteiger partial charge in [-0.2, -0.15) is 0 Å². The van der Waals surface area contributed by atoms with Gasteiger partial charge in [0.1, 0.15) is 0 Å². The van der Waals surface area contributed by atoms with Gasteiger partial charge in [0, 0.05) is 33.9 Å². The van der Waals surface area contributed by atoms with E-state index in [9.17, 15) is 9.00 Å². The molecule has 0 aromatic heterocycles. The Hall–Kier alpha value is -0.910. The summed E-state index contributed by atoms with van der Waals surface area (Å²) >= 11 is 5.87. The van der Waals surface area contributed by atoms with Crippen molar-refractivity contribution in [3.63, 3.8) is 0 Å². The SMILES string of the molecule is CCC(CS(=O)CCC(=O)O)OCC(C)Cc1ccc(Cl)cc1. The maximum absolute atomic E-state index is 11.8. The largest absolute Gasteiger partial charge is 0.481 e. The third-order valence-corrected chi connectivity index (χ3v) is 5.14. The standard InChI is InChI=1S/C17H25ClO4S/c1-3-16(12-23(21)9-8-17(19)20)22-11-13(2)10-14-4-6-15(18)7-5-14/h4-7,13,16H,3,8-12H2,1-2H3,(H,19,20). The van der Waals surface area contributed by atoms with E-state index in [4.69, 9.17) is 21.4 Å². The van der Waals surface area contributed by atoms with Gasteiger partial charge in [-0.15, -0.1) is 0 Å². The van der Waals surface area contributed by atoms with Gasteiger partial charge in [0.25, 0.3) is 0 Å². The minimum atomic E-state index is -1.15.